The van der Waals surface area contributed by atoms with Crippen LogP contribution >= 0.6 is 0 Å². The lowest BCUT2D eigenvalue weighted by atomic mass is 9.95. The Bertz CT molecular complexity index is 389. The second kappa shape index (κ2) is 3.05. The summed E-state index contributed by atoms with van der Waals surface area (Å²) in [7, 11) is 1.34. The Hall–Kier alpha value is -1.39. The number of benzene rings is 1. The second-order valence-corrected chi connectivity index (χ2v) is 3.63. The molecule has 4 nitrogen and oxygen atoms in total. The van der Waals surface area contributed by atoms with Crippen molar-refractivity contribution in [2.24, 2.45) is 0 Å². The number of hydrogen-bond acceptors (Lipinski definition) is 3. The fourth-order valence-electron chi connectivity index (χ4n) is 1.84. The molecule has 1 N–H and O–H groups in total. The summed E-state index contributed by atoms with van der Waals surface area (Å²) < 4.78 is 10.2. The monoisotopic (exact) mass is 208 g/mol. The number of carboxylic acids is 1. The topological polar surface area (TPSA) is 59.1 Å². The van der Waals surface area contributed by atoms with Gasteiger partial charge in [-0.25, -0.2) is 4.79 Å². The second-order valence-electron chi connectivity index (χ2n) is 3.63. The van der Waals surface area contributed by atoms with Gasteiger partial charge in [-0.05, 0) is 12.5 Å². The zero-order valence-corrected chi connectivity index (χ0v) is 8.56. The van der Waals surface area contributed by atoms with E-state index in [-0.39, 0.29) is 0 Å². The number of aliphatic carboxylic acids is 1. The highest BCUT2D eigenvalue weighted by Crippen LogP contribution is 2.56. The molecule has 0 spiro atoms. The van der Waals surface area contributed by atoms with Crippen molar-refractivity contribution in [2.45, 2.75) is 18.3 Å². The van der Waals surface area contributed by atoms with E-state index in [2.05, 4.69) is 0 Å². The molecule has 0 aromatic heterocycles. The van der Waals surface area contributed by atoms with Gasteiger partial charge in [0.2, 0.25) is 0 Å². The third-order valence-corrected chi connectivity index (χ3v) is 2.83. The summed E-state index contributed by atoms with van der Waals surface area (Å²) in [5, 5.41) is 9.05. The molecule has 80 valence electrons. The highest BCUT2D eigenvalue weighted by atomic mass is 16.8. The summed E-state index contributed by atoms with van der Waals surface area (Å²) in [6.07, 6.45) is 0. The molecule has 0 radical (unpaired) electrons. The highest BCUT2D eigenvalue weighted by molar-refractivity contribution is 5.81. The van der Waals surface area contributed by atoms with Crippen molar-refractivity contribution < 1.29 is 19.4 Å². The number of hydrogen-bond donors (Lipinski definition) is 1. The van der Waals surface area contributed by atoms with E-state index in [0.717, 1.165) is 5.56 Å². The molecule has 1 aliphatic heterocycles. The van der Waals surface area contributed by atoms with Crippen LogP contribution < -0.4 is 0 Å². The minimum absolute atomic E-state index is 0.800. The Kier molecular flexibility index (Phi) is 2.06. The van der Waals surface area contributed by atoms with E-state index >= 15 is 0 Å². The SMILES string of the molecule is CO[C@@]1(C(=O)O)O[C@]1(C)c1ccccc1. The molecule has 15 heavy (non-hydrogen) atoms. The predicted molar refractivity (Wildman–Crippen MR) is 52.3 cm³/mol. The Labute approximate surface area is 87.4 Å². The van der Waals surface area contributed by atoms with Crippen LogP contribution in [0.1, 0.15) is 12.5 Å². The molecule has 1 heterocycles. The first-order valence-corrected chi connectivity index (χ1v) is 4.61. The molecular weight excluding hydrogens is 196 g/mol. The summed E-state index contributed by atoms with van der Waals surface area (Å²) in [6, 6.07) is 9.19. The molecule has 0 unspecified atom stereocenters. The van der Waals surface area contributed by atoms with Crippen LogP contribution in [0.3, 0.4) is 0 Å². The number of ether oxygens (including phenoxy) is 2. The van der Waals surface area contributed by atoms with Crippen molar-refractivity contribution >= 4 is 5.97 Å². The molecule has 2 rings (SSSR count). The van der Waals surface area contributed by atoms with Crippen LogP contribution in [0.4, 0.5) is 0 Å². The van der Waals surface area contributed by atoms with Crippen LogP contribution in [0.25, 0.3) is 0 Å². The fourth-order valence-corrected chi connectivity index (χ4v) is 1.84. The summed E-state index contributed by atoms with van der Waals surface area (Å²) in [5.74, 6) is -2.63. The zero-order chi connectivity index (χ0) is 11.1. The third kappa shape index (κ3) is 1.19. The van der Waals surface area contributed by atoms with E-state index in [0.29, 0.717) is 0 Å². The molecule has 0 aliphatic carbocycles. The van der Waals surface area contributed by atoms with Crippen LogP contribution in [0.2, 0.25) is 0 Å². The fraction of sp³-hybridized carbons (Fsp3) is 0.364. The van der Waals surface area contributed by atoms with Gasteiger partial charge in [-0.2, -0.15) is 0 Å². The quantitative estimate of drug-likeness (QED) is 0.762. The first-order valence-electron chi connectivity index (χ1n) is 4.61. The first kappa shape index (κ1) is 10.1. The Balaban J connectivity index is 2.37. The predicted octanol–water partition coefficient (Wildman–Crippen LogP) is 1.36. The molecule has 2 atom stereocenters. The van der Waals surface area contributed by atoms with E-state index in [1.165, 1.54) is 7.11 Å². The molecule has 0 amide bonds. The van der Waals surface area contributed by atoms with Crippen LogP contribution in [-0.4, -0.2) is 24.0 Å². The minimum atomic E-state index is -1.53. The molecule has 0 bridgehead atoms. The minimum Gasteiger partial charge on any atom is -0.477 e. The highest BCUT2D eigenvalue weighted by Gasteiger charge is 2.75. The van der Waals surface area contributed by atoms with Crippen LogP contribution in [0.5, 0.6) is 0 Å². The lowest BCUT2D eigenvalue weighted by molar-refractivity contribution is -0.161. The average Bonchev–Trinajstić information content (AvgIpc) is 2.89. The van der Waals surface area contributed by atoms with E-state index in [1.54, 1.807) is 6.92 Å². The van der Waals surface area contributed by atoms with Gasteiger partial charge in [-0.1, -0.05) is 30.3 Å². The van der Waals surface area contributed by atoms with Gasteiger partial charge in [0.25, 0.3) is 0 Å². The Morgan fingerprint density at radius 1 is 1.40 bits per heavy atom. The van der Waals surface area contributed by atoms with Crippen LogP contribution in [0.15, 0.2) is 30.3 Å². The largest absolute Gasteiger partial charge is 0.477 e. The van der Waals surface area contributed by atoms with Crippen molar-refractivity contribution in [1.29, 1.82) is 0 Å². The number of carboxylic acid groups (broad SMARTS) is 1. The van der Waals surface area contributed by atoms with Gasteiger partial charge in [0.05, 0.1) is 0 Å². The van der Waals surface area contributed by atoms with Gasteiger partial charge in [0.1, 0.15) is 0 Å². The molecule has 1 aromatic rings. The Morgan fingerprint density at radius 2 is 2.00 bits per heavy atom. The average molecular weight is 208 g/mol. The normalized spacial score (nSPS) is 33.7. The van der Waals surface area contributed by atoms with Gasteiger partial charge in [-0.3, -0.25) is 0 Å². The third-order valence-electron chi connectivity index (χ3n) is 2.83. The number of methoxy groups -OCH3 is 1. The summed E-state index contributed by atoms with van der Waals surface area (Å²) in [6.45, 7) is 1.71. The standard InChI is InChI=1S/C11H12O4/c1-10(8-6-4-3-5-7-8)11(14-2,15-10)9(12)13/h3-7H,1-2H3,(H,12,13)/t10-,11+/m1/s1. The smallest absolute Gasteiger partial charge is 0.368 e. The molecule has 1 fully saturated rings. The van der Waals surface area contributed by atoms with Crippen molar-refractivity contribution in [2.75, 3.05) is 7.11 Å². The van der Waals surface area contributed by atoms with E-state index in [9.17, 15) is 4.79 Å². The maximum absolute atomic E-state index is 11.1. The summed E-state index contributed by atoms with van der Waals surface area (Å²) >= 11 is 0. The Morgan fingerprint density at radius 3 is 2.40 bits per heavy atom. The number of carbonyl (C=O) groups is 1. The van der Waals surface area contributed by atoms with Gasteiger partial charge in [0.15, 0.2) is 5.60 Å². The number of rotatable bonds is 3. The molecular formula is C11H12O4. The first-order chi connectivity index (χ1) is 7.07. The van der Waals surface area contributed by atoms with E-state index in [4.69, 9.17) is 14.6 Å². The van der Waals surface area contributed by atoms with Gasteiger partial charge >= 0.3 is 11.8 Å². The van der Waals surface area contributed by atoms with Crippen molar-refractivity contribution in [3.63, 3.8) is 0 Å². The zero-order valence-electron chi connectivity index (χ0n) is 8.56. The van der Waals surface area contributed by atoms with Gasteiger partial charge in [0, 0.05) is 7.11 Å². The van der Waals surface area contributed by atoms with Gasteiger partial charge in [-0.15, -0.1) is 0 Å². The van der Waals surface area contributed by atoms with Crippen molar-refractivity contribution in [3.8, 4) is 0 Å². The molecule has 1 saturated heterocycles. The molecule has 1 aromatic carbocycles. The van der Waals surface area contributed by atoms with Crippen molar-refractivity contribution in [1.82, 2.24) is 0 Å². The van der Waals surface area contributed by atoms with Crippen molar-refractivity contribution in [3.05, 3.63) is 35.9 Å². The van der Waals surface area contributed by atoms with E-state index < -0.39 is 17.4 Å². The van der Waals surface area contributed by atoms with Crippen LogP contribution in [0, 0.1) is 0 Å². The molecule has 4 heteroatoms. The number of epoxide rings is 1. The lowest BCUT2D eigenvalue weighted by Gasteiger charge is -2.11. The molecule has 1 aliphatic rings. The van der Waals surface area contributed by atoms with Gasteiger partial charge < -0.3 is 14.6 Å². The maximum Gasteiger partial charge on any atom is 0.368 e. The lowest BCUT2D eigenvalue weighted by Crippen LogP contribution is -2.33. The summed E-state index contributed by atoms with van der Waals surface area (Å²) in [5.41, 5.74) is -0.0938. The van der Waals surface area contributed by atoms with E-state index in [1.807, 2.05) is 30.3 Å². The van der Waals surface area contributed by atoms with Crippen LogP contribution in [-0.2, 0) is 19.9 Å². The molecule has 0 saturated carbocycles. The summed E-state index contributed by atoms with van der Waals surface area (Å²) in [4.78, 5) is 11.1. The maximum atomic E-state index is 11.1.